The van der Waals surface area contributed by atoms with Gasteiger partial charge in [-0.25, -0.2) is 0 Å². The number of hydrogen-bond donors (Lipinski definition) is 1. The minimum atomic E-state index is 0.0960. The smallest absolute Gasteiger partial charge is 0.223 e. The van der Waals surface area contributed by atoms with Crippen molar-refractivity contribution < 1.29 is 4.79 Å². The molecule has 19 heavy (non-hydrogen) atoms. The molecular weight excluding hydrogens is 262 g/mol. The van der Waals surface area contributed by atoms with Crippen LogP contribution in [0.5, 0.6) is 0 Å². The molecule has 0 saturated carbocycles. The maximum absolute atomic E-state index is 11.5. The van der Waals surface area contributed by atoms with Gasteiger partial charge in [-0.3, -0.25) is 9.78 Å². The molecule has 0 atom stereocenters. The molecule has 1 aromatic heterocycles. The molecule has 0 radical (unpaired) electrons. The highest BCUT2D eigenvalue weighted by Gasteiger charge is 2.07. The number of rotatable bonds is 4. The van der Waals surface area contributed by atoms with E-state index < -0.39 is 0 Å². The van der Waals surface area contributed by atoms with Gasteiger partial charge in [-0.15, -0.1) is 0 Å². The van der Waals surface area contributed by atoms with Crippen LogP contribution in [-0.4, -0.2) is 36.4 Å². The summed E-state index contributed by atoms with van der Waals surface area (Å²) in [4.78, 5) is 17.4. The first-order valence-corrected chi connectivity index (χ1v) is 6.44. The van der Waals surface area contributed by atoms with E-state index in [0.29, 0.717) is 18.0 Å². The highest BCUT2D eigenvalue weighted by atomic mass is 35.5. The molecule has 0 unspecified atom stereocenters. The van der Waals surface area contributed by atoms with Crippen LogP contribution >= 0.6 is 11.6 Å². The van der Waals surface area contributed by atoms with Crippen LogP contribution < -0.4 is 5.32 Å². The summed E-state index contributed by atoms with van der Waals surface area (Å²) in [6, 6.07) is 7.51. The minimum absolute atomic E-state index is 0.0960. The van der Waals surface area contributed by atoms with Crippen LogP contribution in [-0.2, 0) is 4.79 Å². The molecule has 100 valence electrons. The van der Waals surface area contributed by atoms with Crippen molar-refractivity contribution in [3.8, 4) is 0 Å². The van der Waals surface area contributed by atoms with E-state index in [9.17, 15) is 4.79 Å². The Hall–Kier alpha value is -1.81. The topological polar surface area (TPSA) is 45.2 Å². The SMILES string of the molecule is CN(C)C(=O)CCNc1ccc(Cl)c2cccnc12. The number of nitrogens with one attached hydrogen (secondary N) is 1. The molecule has 0 spiro atoms. The summed E-state index contributed by atoms with van der Waals surface area (Å²) in [5, 5.41) is 4.82. The Morgan fingerprint density at radius 2 is 2.16 bits per heavy atom. The van der Waals surface area contributed by atoms with Crippen molar-refractivity contribution in [2.45, 2.75) is 6.42 Å². The van der Waals surface area contributed by atoms with Gasteiger partial charge in [0.2, 0.25) is 5.91 Å². The molecule has 5 heteroatoms. The Morgan fingerprint density at radius 3 is 2.89 bits per heavy atom. The van der Waals surface area contributed by atoms with E-state index in [0.717, 1.165) is 16.6 Å². The Morgan fingerprint density at radius 1 is 1.37 bits per heavy atom. The van der Waals surface area contributed by atoms with Gasteiger partial charge in [-0.05, 0) is 24.3 Å². The van der Waals surface area contributed by atoms with Crippen molar-refractivity contribution >= 4 is 34.1 Å². The van der Waals surface area contributed by atoms with E-state index in [2.05, 4.69) is 10.3 Å². The van der Waals surface area contributed by atoms with Crippen LogP contribution in [0.1, 0.15) is 6.42 Å². The second-order valence-corrected chi connectivity index (χ2v) is 4.87. The summed E-state index contributed by atoms with van der Waals surface area (Å²) in [5.74, 6) is 0.0960. The average Bonchev–Trinajstić information content (AvgIpc) is 2.41. The van der Waals surface area contributed by atoms with Crippen molar-refractivity contribution in [1.29, 1.82) is 0 Å². The van der Waals surface area contributed by atoms with E-state index in [1.54, 1.807) is 25.2 Å². The fourth-order valence-electron chi connectivity index (χ4n) is 1.81. The summed E-state index contributed by atoms with van der Waals surface area (Å²) < 4.78 is 0. The fourth-order valence-corrected chi connectivity index (χ4v) is 2.02. The van der Waals surface area contributed by atoms with Gasteiger partial charge in [0.25, 0.3) is 0 Å². The van der Waals surface area contributed by atoms with Crippen molar-refractivity contribution in [3.63, 3.8) is 0 Å². The standard InChI is InChI=1S/C14H16ClN3O/c1-18(2)13(19)7-9-16-12-6-5-11(15)10-4-3-8-17-14(10)12/h3-6,8,16H,7,9H2,1-2H3. The Labute approximate surface area is 117 Å². The molecule has 1 aromatic carbocycles. The minimum Gasteiger partial charge on any atom is -0.383 e. The lowest BCUT2D eigenvalue weighted by Gasteiger charge is -2.12. The number of carbonyl (C=O) groups excluding carboxylic acids is 1. The molecule has 0 fully saturated rings. The first kappa shape index (κ1) is 13.6. The molecule has 0 saturated heterocycles. The first-order chi connectivity index (χ1) is 9.09. The highest BCUT2D eigenvalue weighted by Crippen LogP contribution is 2.27. The largest absolute Gasteiger partial charge is 0.383 e. The monoisotopic (exact) mass is 277 g/mol. The predicted octanol–water partition coefficient (Wildman–Crippen LogP) is 2.78. The summed E-state index contributed by atoms with van der Waals surface area (Å²) in [6.07, 6.45) is 2.18. The maximum atomic E-state index is 11.5. The number of pyridine rings is 1. The van der Waals surface area contributed by atoms with E-state index in [1.165, 1.54) is 0 Å². The molecule has 1 amide bonds. The zero-order valence-electron chi connectivity index (χ0n) is 11.0. The van der Waals surface area contributed by atoms with Gasteiger partial charge >= 0.3 is 0 Å². The van der Waals surface area contributed by atoms with Gasteiger partial charge in [-0.1, -0.05) is 11.6 Å². The summed E-state index contributed by atoms with van der Waals surface area (Å²) in [7, 11) is 3.50. The number of halogens is 1. The van der Waals surface area contributed by atoms with E-state index >= 15 is 0 Å². The third-order valence-electron chi connectivity index (χ3n) is 2.87. The van der Waals surface area contributed by atoms with Crippen molar-refractivity contribution in [2.24, 2.45) is 0 Å². The summed E-state index contributed by atoms with van der Waals surface area (Å²) in [6.45, 7) is 0.574. The van der Waals surface area contributed by atoms with E-state index in [4.69, 9.17) is 11.6 Å². The van der Waals surface area contributed by atoms with Gasteiger partial charge in [0.1, 0.15) is 0 Å². The molecule has 0 bridgehead atoms. The Kier molecular flexibility index (Phi) is 4.22. The number of carbonyl (C=O) groups is 1. The molecule has 2 rings (SSSR count). The fraction of sp³-hybridized carbons (Fsp3) is 0.286. The number of anilines is 1. The molecule has 4 nitrogen and oxygen atoms in total. The molecule has 1 heterocycles. The van der Waals surface area contributed by atoms with Crippen molar-refractivity contribution in [2.75, 3.05) is 26.0 Å². The van der Waals surface area contributed by atoms with Gasteiger partial charge in [0, 0.05) is 38.6 Å². The molecule has 0 aliphatic heterocycles. The summed E-state index contributed by atoms with van der Waals surface area (Å²) >= 11 is 6.13. The van der Waals surface area contributed by atoms with Crippen LogP contribution in [0.2, 0.25) is 5.02 Å². The van der Waals surface area contributed by atoms with Gasteiger partial charge in [0.05, 0.1) is 16.2 Å². The second-order valence-electron chi connectivity index (χ2n) is 4.46. The van der Waals surface area contributed by atoms with Crippen LogP contribution in [0.15, 0.2) is 30.5 Å². The number of nitrogens with zero attached hydrogens (tertiary/aromatic N) is 2. The van der Waals surface area contributed by atoms with Crippen molar-refractivity contribution in [1.82, 2.24) is 9.88 Å². The van der Waals surface area contributed by atoms with Gasteiger partial charge in [0.15, 0.2) is 0 Å². The van der Waals surface area contributed by atoms with Crippen LogP contribution in [0, 0.1) is 0 Å². The number of aromatic nitrogens is 1. The highest BCUT2D eigenvalue weighted by molar-refractivity contribution is 6.35. The number of amides is 1. The molecule has 1 N–H and O–H groups in total. The van der Waals surface area contributed by atoms with E-state index in [-0.39, 0.29) is 5.91 Å². The molecule has 2 aromatic rings. The number of benzene rings is 1. The Balaban J connectivity index is 2.13. The lowest BCUT2D eigenvalue weighted by atomic mass is 10.2. The third kappa shape index (κ3) is 3.15. The lowest BCUT2D eigenvalue weighted by molar-refractivity contribution is -0.128. The van der Waals surface area contributed by atoms with Crippen molar-refractivity contribution in [3.05, 3.63) is 35.5 Å². The quantitative estimate of drug-likeness (QED) is 0.935. The first-order valence-electron chi connectivity index (χ1n) is 6.07. The van der Waals surface area contributed by atoms with Crippen LogP contribution in [0.25, 0.3) is 10.9 Å². The summed E-state index contributed by atoms with van der Waals surface area (Å²) in [5.41, 5.74) is 1.72. The van der Waals surface area contributed by atoms with Crippen LogP contribution in [0.4, 0.5) is 5.69 Å². The molecule has 0 aliphatic carbocycles. The second kappa shape index (κ2) is 5.89. The third-order valence-corrected chi connectivity index (χ3v) is 3.20. The van der Waals surface area contributed by atoms with Gasteiger partial charge in [-0.2, -0.15) is 0 Å². The maximum Gasteiger partial charge on any atom is 0.223 e. The zero-order valence-corrected chi connectivity index (χ0v) is 11.7. The molecule has 0 aliphatic rings. The van der Waals surface area contributed by atoms with E-state index in [1.807, 2.05) is 24.3 Å². The normalized spacial score (nSPS) is 10.5. The average molecular weight is 278 g/mol. The number of fused-ring (bicyclic) bond motifs is 1. The Bertz CT molecular complexity index is 598. The van der Waals surface area contributed by atoms with Gasteiger partial charge < -0.3 is 10.2 Å². The predicted molar refractivity (Wildman–Crippen MR) is 78.6 cm³/mol. The molecular formula is C14H16ClN3O. The number of hydrogen-bond acceptors (Lipinski definition) is 3. The zero-order chi connectivity index (χ0) is 13.8. The lowest BCUT2D eigenvalue weighted by Crippen LogP contribution is -2.23. The van der Waals surface area contributed by atoms with Crippen LogP contribution in [0.3, 0.4) is 0 Å².